The van der Waals surface area contributed by atoms with E-state index < -0.39 is 0 Å². The summed E-state index contributed by atoms with van der Waals surface area (Å²) < 4.78 is 14.7. The number of nitrogens with zero attached hydrogens (tertiary/aromatic N) is 3. The van der Waals surface area contributed by atoms with Crippen LogP contribution in [-0.2, 0) is 29.0 Å². The maximum Gasteiger partial charge on any atom is 0.270 e. The predicted molar refractivity (Wildman–Crippen MR) is 175 cm³/mol. The van der Waals surface area contributed by atoms with Crippen LogP contribution >= 0.6 is 0 Å². The van der Waals surface area contributed by atoms with Crippen LogP contribution in [0.15, 0.2) is 54.9 Å². The van der Waals surface area contributed by atoms with Crippen LogP contribution in [0, 0.1) is 10.1 Å². The number of methoxy groups -OCH3 is 2. The Labute approximate surface area is 250 Å². The lowest BCUT2D eigenvalue weighted by atomic mass is 10.1. The van der Waals surface area contributed by atoms with E-state index in [1.807, 2.05) is 24.4 Å². The van der Waals surface area contributed by atoms with Gasteiger partial charge in [0, 0.05) is 80.5 Å². The fourth-order valence-corrected chi connectivity index (χ4v) is 5.37. The van der Waals surface area contributed by atoms with Gasteiger partial charge in [-0.15, -0.1) is 0 Å². The maximum atomic E-state index is 11.1. The van der Waals surface area contributed by atoms with Crippen LogP contribution in [0.4, 0.5) is 11.4 Å². The Kier molecular flexibility index (Phi) is 13.6. The summed E-state index contributed by atoms with van der Waals surface area (Å²) in [7, 11) is 3.38. The van der Waals surface area contributed by atoms with Gasteiger partial charge in [0.2, 0.25) is 0 Å². The lowest BCUT2D eigenvalue weighted by molar-refractivity contribution is -0.384. The quantitative estimate of drug-likeness (QED) is 0.0625. The molecular formula is C34H48N4O4. The third-order valence-corrected chi connectivity index (χ3v) is 7.41. The number of aromatic nitrogens is 2. The topological polar surface area (TPSA) is 97.5 Å². The van der Waals surface area contributed by atoms with Crippen molar-refractivity contribution in [2.75, 3.05) is 33.2 Å². The lowest BCUT2D eigenvalue weighted by Crippen LogP contribution is -2.01. The third-order valence-electron chi connectivity index (χ3n) is 7.41. The van der Waals surface area contributed by atoms with E-state index in [-0.39, 0.29) is 10.6 Å². The lowest BCUT2D eigenvalue weighted by Gasteiger charge is -2.11. The Bertz CT molecular complexity index is 1440. The smallest absolute Gasteiger partial charge is 0.270 e. The number of rotatable bonds is 16. The van der Waals surface area contributed by atoms with Crippen molar-refractivity contribution in [3.63, 3.8) is 0 Å². The molecule has 0 amide bonds. The molecule has 0 bridgehead atoms. The Morgan fingerprint density at radius 1 is 0.857 bits per heavy atom. The molecule has 0 saturated heterocycles. The van der Waals surface area contributed by atoms with Crippen molar-refractivity contribution in [2.45, 2.75) is 78.3 Å². The van der Waals surface area contributed by atoms with Gasteiger partial charge >= 0.3 is 0 Å². The zero-order valence-corrected chi connectivity index (χ0v) is 25.8. The molecule has 0 spiro atoms. The first-order valence-corrected chi connectivity index (χ1v) is 15.2. The van der Waals surface area contributed by atoms with Crippen molar-refractivity contribution < 1.29 is 14.4 Å². The highest BCUT2D eigenvalue weighted by atomic mass is 16.6. The summed E-state index contributed by atoms with van der Waals surface area (Å²) in [5.74, 6) is 0. The normalized spacial score (nSPS) is 11.4. The van der Waals surface area contributed by atoms with Gasteiger partial charge in [0.05, 0.1) is 22.6 Å². The van der Waals surface area contributed by atoms with Crippen molar-refractivity contribution >= 4 is 39.3 Å². The van der Waals surface area contributed by atoms with Crippen LogP contribution in [0.2, 0.25) is 0 Å². The van der Waals surface area contributed by atoms with E-state index >= 15 is 0 Å². The molecule has 0 aliphatic heterocycles. The van der Waals surface area contributed by atoms with Crippen LogP contribution in [0.5, 0.6) is 0 Å². The van der Waals surface area contributed by atoms with E-state index in [1.54, 1.807) is 26.4 Å². The zero-order chi connectivity index (χ0) is 30.3. The molecule has 4 aromatic rings. The summed E-state index contributed by atoms with van der Waals surface area (Å²) in [6, 6.07) is 11.6. The number of nitrogen functional groups attached to an aromatic ring is 1. The van der Waals surface area contributed by atoms with Crippen LogP contribution in [0.25, 0.3) is 27.9 Å². The zero-order valence-electron chi connectivity index (χ0n) is 25.8. The van der Waals surface area contributed by atoms with Crippen LogP contribution in [0.1, 0.15) is 69.9 Å². The molecule has 228 valence electrons. The van der Waals surface area contributed by atoms with Gasteiger partial charge in [0.15, 0.2) is 0 Å². The first kappa shape index (κ1) is 32.9. The van der Waals surface area contributed by atoms with Gasteiger partial charge in [0.1, 0.15) is 0 Å². The molecule has 4 rings (SSSR count). The molecule has 8 heteroatoms. The van der Waals surface area contributed by atoms with E-state index in [0.717, 1.165) is 61.1 Å². The van der Waals surface area contributed by atoms with Crippen LogP contribution in [-0.4, -0.2) is 41.5 Å². The van der Waals surface area contributed by atoms with Crippen molar-refractivity contribution in [3.8, 4) is 0 Å². The number of hydrogen-bond acceptors (Lipinski definition) is 5. The van der Waals surface area contributed by atoms with Gasteiger partial charge in [-0.2, -0.15) is 0 Å². The highest BCUT2D eigenvalue weighted by Crippen LogP contribution is 2.28. The monoisotopic (exact) mass is 576 g/mol. The minimum absolute atomic E-state index is 0.121. The van der Waals surface area contributed by atoms with Gasteiger partial charge in [-0.1, -0.05) is 51.7 Å². The molecule has 2 aromatic carbocycles. The molecule has 8 nitrogen and oxygen atoms in total. The van der Waals surface area contributed by atoms with E-state index in [2.05, 4.69) is 47.4 Å². The van der Waals surface area contributed by atoms with Crippen LogP contribution < -0.4 is 5.73 Å². The Morgan fingerprint density at radius 3 is 2.10 bits per heavy atom. The summed E-state index contributed by atoms with van der Waals surface area (Å²) >= 11 is 0. The summed E-state index contributed by atoms with van der Waals surface area (Å²) in [5, 5.41) is 13.3. The Hall–Kier alpha value is -3.62. The maximum absolute atomic E-state index is 11.1. The molecule has 42 heavy (non-hydrogen) atoms. The number of hydrogen-bond donors (Lipinski definition) is 1. The van der Waals surface area contributed by atoms with Crippen LogP contribution in [0.3, 0.4) is 0 Å². The second-order valence-corrected chi connectivity index (χ2v) is 10.7. The number of nitrogens with two attached hydrogens (primary N) is 1. The van der Waals surface area contributed by atoms with E-state index in [4.69, 9.17) is 15.2 Å². The van der Waals surface area contributed by atoms with Crippen molar-refractivity contribution in [3.05, 3.63) is 76.1 Å². The van der Waals surface area contributed by atoms with Gasteiger partial charge in [-0.05, 0) is 55.5 Å². The average Bonchev–Trinajstić information content (AvgIpc) is 3.58. The number of ether oxygens (including phenoxy) is 2. The summed E-state index contributed by atoms with van der Waals surface area (Å²) in [6.07, 6.45) is 17.3. The number of aryl methyl sites for hydroxylation is 3. The Balaban J connectivity index is 0.000000231. The molecular weight excluding hydrogens is 528 g/mol. The number of anilines is 1. The molecule has 2 aromatic heterocycles. The average molecular weight is 577 g/mol. The molecule has 0 radical (unpaired) electrons. The molecule has 0 saturated carbocycles. The van der Waals surface area contributed by atoms with Gasteiger partial charge < -0.3 is 24.3 Å². The van der Waals surface area contributed by atoms with Gasteiger partial charge in [-0.25, -0.2) is 0 Å². The molecule has 2 heterocycles. The van der Waals surface area contributed by atoms with Crippen molar-refractivity contribution in [2.24, 2.45) is 0 Å². The highest BCUT2D eigenvalue weighted by Gasteiger charge is 2.13. The first-order valence-electron chi connectivity index (χ1n) is 15.2. The number of fused-ring (bicyclic) bond motifs is 2. The number of benzene rings is 2. The number of unbranched alkanes of at least 4 members (excludes halogenated alkanes) is 4. The summed E-state index contributed by atoms with van der Waals surface area (Å²) in [5.41, 5.74) is 11.6. The minimum Gasteiger partial charge on any atom is -0.399 e. The van der Waals surface area contributed by atoms with Crippen molar-refractivity contribution in [1.29, 1.82) is 0 Å². The highest BCUT2D eigenvalue weighted by molar-refractivity contribution is 5.91. The largest absolute Gasteiger partial charge is 0.399 e. The Morgan fingerprint density at radius 2 is 1.50 bits per heavy atom. The number of nitro groups is 1. The fourth-order valence-electron chi connectivity index (χ4n) is 5.37. The second-order valence-electron chi connectivity index (χ2n) is 10.7. The van der Waals surface area contributed by atoms with Gasteiger partial charge in [-0.3, -0.25) is 10.1 Å². The van der Waals surface area contributed by atoms with Gasteiger partial charge in [0.25, 0.3) is 5.69 Å². The van der Waals surface area contributed by atoms with E-state index in [1.165, 1.54) is 48.6 Å². The van der Waals surface area contributed by atoms with E-state index in [9.17, 15) is 10.1 Å². The molecule has 0 aliphatic rings. The predicted octanol–water partition coefficient (Wildman–Crippen LogP) is 8.39. The molecule has 0 fully saturated rings. The van der Waals surface area contributed by atoms with Crippen molar-refractivity contribution in [1.82, 2.24) is 9.13 Å². The second kappa shape index (κ2) is 17.4. The standard InChI is InChI=1S/C17H22N2O3.C17H26N2O/c1-3-4-5-9-18-10-8-15-13-16(19(20)21)12-14(17(15)18)7-6-11-22-2;1-3-4-5-9-19-10-8-15-13-16(18)12-14(17(15)19)7-6-11-20-2/h6-8,10,12-13H,3-5,9,11H2,1-2H3;8,10,12-13H,3-7,9,11,18H2,1-2H3/b7-6+;. The molecule has 0 aliphatic carbocycles. The van der Waals surface area contributed by atoms with E-state index in [0.29, 0.717) is 6.61 Å². The fraction of sp³-hybridized carbons (Fsp3) is 0.471. The SMILES string of the molecule is CCCCCn1ccc2cc(N)cc(CCCOC)c21.CCCCCn1ccc2cc([N+](=O)[O-])cc(/C=C/COC)c21. The number of non-ortho nitro benzene ring substituents is 1. The molecule has 0 atom stereocenters. The minimum atomic E-state index is -0.346. The summed E-state index contributed by atoms with van der Waals surface area (Å²) in [4.78, 5) is 10.7. The first-order chi connectivity index (χ1) is 20.4. The molecule has 2 N–H and O–H groups in total. The number of nitro benzene ring substituents is 1. The molecule has 0 unspecified atom stereocenters. The summed E-state index contributed by atoms with van der Waals surface area (Å²) in [6.45, 7) is 7.73. The third kappa shape index (κ3) is 9.19.